The maximum absolute atomic E-state index is 3.93. The molecule has 3 aromatic rings. The van der Waals surface area contributed by atoms with Crippen LogP contribution in [0.2, 0.25) is 0 Å². The first-order valence-electron chi connectivity index (χ1n) is 4.27. The lowest BCUT2D eigenvalue weighted by Gasteiger charge is -1.83. The Balaban J connectivity index is 0.000000124. The molecule has 3 rings (SSSR count). The molecule has 0 aromatic carbocycles. The van der Waals surface area contributed by atoms with Crippen molar-refractivity contribution >= 4 is 5.78 Å². The highest BCUT2D eigenvalue weighted by molar-refractivity contribution is 5.21. The molecule has 6 heteroatoms. The Hall–Kier alpha value is -2.37. The molecule has 0 unspecified atom stereocenters. The number of hydrogen-bond acceptors (Lipinski definition) is 5. The van der Waals surface area contributed by atoms with Crippen LogP contribution in [0, 0.1) is 0 Å². The summed E-state index contributed by atoms with van der Waals surface area (Å²) in [4.78, 5) is 15.1. The first kappa shape index (κ1) is 9.20. The molecule has 0 N–H and O–H groups in total. The van der Waals surface area contributed by atoms with Gasteiger partial charge in [-0.25, -0.2) is 19.5 Å². The van der Waals surface area contributed by atoms with Crippen LogP contribution in [0.25, 0.3) is 5.78 Å². The van der Waals surface area contributed by atoms with E-state index in [4.69, 9.17) is 0 Å². The Morgan fingerprint density at radius 3 is 2.33 bits per heavy atom. The topological polar surface area (TPSA) is 68.9 Å². The standard InChI is InChI=1S/C5H4N4.C4H4N2/c1-2-6-5-7-4-8-9(5)3-1;1-2-5-4-6-3-1/h1-4H;1-4H. The maximum Gasteiger partial charge on any atom is 0.252 e. The van der Waals surface area contributed by atoms with Gasteiger partial charge in [-0.1, -0.05) is 0 Å². The summed E-state index contributed by atoms with van der Waals surface area (Å²) in [6.45, 7) is 0. The van der Waals surface area contributed by atoms with Gasteiger partial charge in [-0.15, -0.1) is 0 Å². The lowest BCUT2D eigenvalue weighted by Crippen LogP contribution is -1.86. The summed E-state index contributed by atoms with van der Waals surface area (Å²) in [6, 6.07) is 3.58. The van der Waals surface area contributed by atoms with Crippen LogP contribution in [0.5, 0.6) is 0 Å². The molecule has 74 valence electrons. The lowest BCUT2D eigenvalue weighted by atomic mass is 10.7. The fourth-order valence-electron chi connectivity index (χ4n) is 0.925. The second-order valence-corrected chi connectivity index (χ2v) is 2.53. The first-order valence-corrected chi connectivity index (χ1v) is 4.27. The third-order valence-corrected chi connectivity index (χ3v) is 1.54. The predicted molar refractivity (Wildman–Crippen MR) is 52.8 cm³/mol. The summed E-state index contributed by atoms with van der Waals surface area (Å²) < 4.78 is 1.61. The highest BCUT2D eigenvalue weighted by Gasteiger charge is 1.88. The van der Waals surface area contributed by atoms with Gasteiger partial charge in [-0.3, -0.25) is 0 Å². The molecule has 15 heavy (non-hydrogen) atoms. The Kier molecular flexibility index (Phi) is 2.91. The van der Waals surface area contributed by atoms with E-state index in [-0.39, 0.29) is 0 Å². The summed E-state index contributed by atoms with van der Waals surface area (Å²) in [5, 5.41) is 3.86. The smallest absolute Gasteiger partial charge is 0.245 e. The molecule has 0 amide bonds. The molecular weight excluding hydrogens is 192 g/mol. The highest BCUT2D eigenvalue weighted by Crippen LogP contribution is 1.87. The number of fused-ring (bicyclic) bond motifs is 1. The van der Waals surface area contributed by atoms with Crippen molar-refractivity contribution in [3.63, 3.8) is 0 Å². The highest BCUT2D eigenvalue weighted by atomic mass is 15.3. The minimum atomic E-state index is 0.637. The second-order valence-electron chi connectivity index (χ2n) is 2.53. The number of rotatable bonds is 0. The van der Waals surface area contributed by atoms with Crippen molar-refractivity contribution in [1.29, 1.82) is 0 Å². The zero-order valence-electron chi connectivity index (χ0n) is 7.80. The minimum Gasteiger partial charge on any atom is -0.245 e. The monoisotopic (exact) mass is 200 g/mol. The molecule has 0 bridgehead atoms. The first-order chi connectivity index (χ1) is 7.47. The second kappa shape index (κ2) is 4.75. The van der Waals surface area contributed by atoms with Gasteiger partial charge in [-0.2, -0.15) is 10.1 Å². The molecule has 0 spiro atoms. The van der Waals surface area contributed by atoms with Crippen LogP contribution < -0.4 is 0 Å². The fraction of sp³-hybridized carbons (Fsp3) is 0. The number of nitrogens with zero attached hydrogens (tertiary/aromatic N) is 6. The summed E-state index contributed by atoms with van der Waals surface area (Å²) in [5.74, 6) is 0.637. The molecule has 0 saturated heterocycles. The van der Waals surface area contributed by atoms with Gasteiger partial charge in [0.15, 0.2) is 0 Å². The van der Waals surface area contributed by atoms with Gasteiger partial charge < -0.3 is 0 Å². The third kappa shape index (κ3) is 2.53. The van der Waals surface area contributed by atoms with Crippen LogP contribution in [0.4, 0.5) is 0 Å². The van der Waals surface area contributed by atoms with E-state index in [0.717, 1.165) is 0 Å². The Morgan fingerprint density at radius 1 is 0.867 bits per heavy atom. The van der Waals surface area contributed by atoms with E-state index < -0.39 is 0 Å². The molecule has 3 heterocycles. The van der Waals surface area contributed by atoms with Crippen molar-refractivity contribution in [2.45, 2.75) is 0 Å². The van der Waals surface area contributed by atoms with Crippen molar-refractivity contribution in [2.75, 3.05) is 0 Å². The summed E-state index contributed by atoms with van der Waals surface area (Å²) in [6.07, 6.45) is 9.84. The van der Waals surface area contributed by atoms with E-state index in [1.807, 2.05) is 6.07 Å². The minimum absolute atomic E-state index is 0.637. The molecule has 0 aliphatic heterocycles. The van der Waals surface area contributed by atoms with Crippen LogP contribution in [0.15, 0.2) is 49.6 Å². The van der Waals surface area contributed by atoms with E-state index in [1.54, 1.807) is 35.4 Å². The van der Waals surface area contributed by atoms with Crippen molar-refractivity contribution in [2.24, 2.45) is 0 Å². The molecule has 3 aromatic heterocycles. The molecule has 0 atom stereocenters. The van der Waals surface area contributed by atoms with E-state index in [2.05, 4.69) is 25.0 Å². The predicted octanol–water partition coefficient (Wildman–Crippen LogP) is 0.601. The fourth-order valence-corrected chi connectivity index (χ4v) is 0.925. The Morgan fingerprint density at radius 2 is 1.73 bits per heavy atom. The van der Waals surface area contributed by atoms with Gasteiger partial charge in [-0.05, 0) is 12.1 Å². The van der Waals surface area contributed by atoms with Gasteiger partial charge in [0.05, 0.1) is 0 Å². The van der Waals surface area contributed by atoms with Crippen LogP contribution in [-0.2, 0) is 0 Å². The van der Waals surface area contributed by atoms with Gasteiger partial charge in [0.25, 0.3) is 5.78 Å². The van der Waals surface area contributed by atoms with Crippen LogP contribution in [0.3, 0.4) is 0 Å². The SMILES string of the molecule is c1cnc2ncnn2c1.c1cncnc1. The molecular formula is C9H8N6. The molecule has 0 aliphatic carbocycles. The van der Waals surface area contributed by atoms with Crippen molar-refractivity contribution in [1.82, 2.24) is 29.5 Å². The average Bonchev–Trinajstić information content (AvgIpc) is 2.80. The lowest BCUT2D eigenvalue weighted by molar-refractivity contribution is 0.939. The van der Waals surface area contributed by atoms with Gasteiger partial charge >= 0.3 is 0 Å². The van der Waals surface area contributed by atoms with Crippen LogP contribution >= 0.6 is 0 Å². The normalized spacial score (nSPS) is 9.33. The molecule has 0 saturated carbocycles. The maximum atomic E-state index is 3.93. The quantitative estimate of drug-likeness (QED) is 0.531. The van der Waals surface area contributed by atoms with E-state index in [1.165, 1.54) is 12.7 Å². The van der Waals surface area contributed by atoms with Crippen LogP contribution in [-0.4, -0.2) is 29.5 Å². The number of aromatic nitrogens is 6. The van der Waals surface area contributed by atoms with E-state index in [9.17, 15) is 0 Å². The van der Waals surface area contributed by atoms with Crippen molar-refractivity contribution in [3.8, 4) is 0 Å². The molecule has 0 aliphatic rings. The van der Waals surface area contributed by atoms with Crippen LogP contribution in [0.1, 0.15) is 0 Å². The molecule has 0 fully saturated rings. The zero-order chi connectivity index (χ0) is 10.3. The zero-order valence-corrected chi connectivity index (χ0v) is 7.80. The summed E-state index contributed by atoms with van der Waals surface area (Å²) in [7, 11) is 0. The van der Waals surface area contributed by atoms with E-state index in [0.29, 0.717) is 5.78 Å². The van der Waals surface area contributed by atoms with Gasteiger partial charge in [0, 0.05) is 24.8 Å². The third-order valence-electron chi connectivity index (χ3n) is 1.54. The molecule has 6 nitrogen and oxygen atoms in total. The molecule has 0 radical (unpaired) electrons. The van der Waals surface area contributed by atoms with Crippen molar-refractivity contribution < 1.29 is 0 Å². The largest absolute Gasteiger partial charge is 0.252 e. The summed E-state index contributed by atoms with van der Waals surface area (Å²) in [5.41, 5.74) is 0. The Labute approximate surface area is 85.7 Å². The van der Waals surface area contributed by atoms with Gasteiger partial charge in [0.2, 0.25) is 0 Å². The summed E-state index contributed by atoms with van der Waals surface area (Å²) >= 11 is 0. The number of hydrogen-bond donors (Lipinski definition) is 0. The Bertz CT molecular complexity index is 449. The van der Waals surface area contributed by atoms with Crippen molar-refractivity contribution in [3.05, 3.63) is 49.6 Å². The average molecular weight is 200 g/mol. The van der Waals surface area contributed by atoms with E-state index >= 15 is 0 Å². The van der Waals surface area contributed by atoms with Gasteiger partial charge in [0.1, 0.15) is 12.7 Å².